The Balaban J connectivity index is 1.45. The quantitative estimate of drug-likeness (QED) is 0.479. The Bertz CT molecular complexity index is 1390. The largest absolute Gasteiger partial charge is 0.467 e. The molecule has 0 saturated carbocycles. The van der Waals surface area contributed by atoms with E-state index in [1.165, 1.54) is 28.1 Å². The second-order valence-corrected chi connectivity index (χ2v) is 9.95. The lowest BCUT2D eigenvalue weighted by atomic mass is 9.99. The van der Waals surface area contributed by atoms with Crippen LogP contribution in [-0.4, -0.2) is 66.7 Å². The van der Waals surface area contributed by atoms with Gasteiger partial charge in [-0.2, -0.15) is 15.2 Å². The molecule has 0 unspecified atom stereocenters. The fraction of sp³-hybridized carbons (Fsp3) is 0.400. The van der Waals surface area contributed by atoms with Gasteiger partial charge in [-0.25, -0.2) is 0 Å². The molecule has 0 bridgehead atoms. The van der Waals surface area contributed by atoms with E-state index in [-0.39, 0.29) is 18.4 Å². The van der Waals surface area contributed by atoms with Crippen molar-refractivity contribution in [3.05, 3.63) is 65.9 Å². The zero-order chi connectivity index (χ0) is 26.6. The van der Waals surface area contributed by atoms with E-state index in [2.05, 4.69) is 65.8 Å². The van der Waals surface area contributed by atoms with Gasteiger partial charge in [0.1, 0.15) is 5.82 Å². The lowest BCUT2D eigenvalue weighted by molar-refractivity contribution is -0.128. The summed E-state index contributed by atoms with van der Waals surface area (Å²) in [5.41, 5.74) is 4.72. The smallest absolute Gasteiger partial charge is 0.318 e. The van der Waals surface area contributed by atoms with Gasteiger partial charge in [-0.3, -0.25) is 4.79 Å². The maximum absolute atomic E-state index is 12.4. The number of carbonyl (C=O) groups is 1. The third-order valence-corrected chi connectivity index (χ3v) is 7.70. The van der Waals surface area contributed by atoms with Crippen molar-refractivity contribution in [1.82, 2.24) is 14.9 Å². The van der Waals surface area contributed by atoms with Gasteiger partial charge >= 0.3 is 6.01 Å². The molecule has 0 radical (unpaired) electrons. The number of anilines is 2. The molecule has 5 rings (SSSR count). The van der Waals surface area contributed by atoms with Gasteiger partial charge in [0.15, 0.2) is 0 Å². The summed E-state index contributed by atoms with van der Waals surface area (Å²) in [6.45, 7) is 9.29. The highest BCUT2D eigenvalue weighted by Gasteiger charge is 2.32. The number of piperazine rings is 1. The molecule has 0 aliphatic carbocycles. The standard InChI is InChI=1S/C30H34N6O2/c1-4-27(37)36-19-18-35(20-23(36)13-15-31)29-24-11-7-16-34(17-14-25(24)32-30(33-29)38-3)26-12-6-10-22-9-5-8-21(2)28(22)26/h4-6,8-10,12,23H,1,7,11,13-14,16-20H2,2-3H3/t23-/m0/s1. The summed E-state index contributed by atoms with van der Waals surface area (Å²) in [7, 11) is 1.60. The van der Waals surface area contributed by atoms with Gasteiger partial charge in [0.2, 0.25) is 5.91 Å². The zero-order valence-electron chi connectivity index (χ0n) is 22.2. The van der Waals surface area contributed by atoms with Crippen LogP contribution in [0.3, 0.4) is 0 Å². The summed E-state index contributed by atoms with van der Waals surface area (Å²) < 4.78 is 5.53. The second-order valence-electron chi connectivity index (χ2n) is 9.95. The van der Waals surface area contributed by atoms with Crippen molar-refractivity contribution in [2.75, 3.05) is 49.6 Å². The number of aromatic nitrogens is 2. The molecule has 38 heavy (non-hydrogen) atoms. The molecule has 1 saturated heterocycles. The monoisotopic (exact) mass is 510 g/mol. The first-order valence-electron chi connectivity index (χ1n) is 13.3. The first-order chi connectivity index (χ1) is 18.5. The summed E-state index contributed by atoms with van der Waals surface area (Å²) >= 11 is 0. The van der Waals surface area contributed by atoms with Crippen LogP contribution in [0.4, 0.5) is 11.5 Å². The SMILES string of the molecule is C=CC(=O)N1CCN(c2nc(OC)nc3c2CCCN(c2cccc4cccc(C)c24)CC3)C[C@@H]1CC#N. The zero-order valence-corrected chi connectivity index (χ0v) is 22.2. The fourth-order valence-corrected chi connectivity index (χ4v) is 5.86. The molecule has 1 aromatic heterocycles. The van der Waals surface area contributed by atoms with Crippen LogP contribution in [0.25, 0.3) is 10.8 Å². The number of amides is 1. The van der Waals surface area contributed by atoms with Crippen LogP contribution in [0.5, 0.6) is 6.01 Å². The number of benzene rings is 2. The molecule has 3 heterocycles. The van der Waals surface area contributed by atoms with Crippen LogP contribution in [0, 0.1) is 18.3 Å². The van der Waals surface area contributed by atoms with E-state index in [0.29, 0.717) is 25.6 Å². The van der Waals surface area contributed by atoms with Crippen molar-refractivity contribution in [2.45, 2.75) is 38.6 Å². The lowest BCUT2D eigenvalue weighted by Crippen LogP contribution is -2.55. The third-order valence-electron chi connectivity index (χ3n) is 7.70. The van der Waals surface area contributed by atoms with Gasteiger partial charge in [0.05, 0.1) is 31.3 Å². The Morgan fingerprint density at radius 1 is 1.13 bits per heavy atom. The highest BCUT2D eigenvalue weighted by Crippen LogP contribution is 2.33. The number of aryl methyl sites for hydroxylation is 1. The minimum Gasteiger partial charge on any atom is -0.467 e. The molecule has 3 aromatic rings. The average molecular weight is 511 g/mol. The number of nitriles is 1. The van der Waals surface area contributed by atoms with E-state index >= 15 is 0 Å². The highest BCUT2D eigenvalue weighted by atomic mass is 16.5. The third kappa shape index (κ3) is 4.89. The van der Waals surface area contributed by atoms with Crippen LogP contribution in [0.1, 0.15) is 29.7 Å². The minimum atomic E-state index is -0.213. The second kappa shape index (κ2) is 11.1. The van der Waals surface area contributed by atoms with Gasteiger partial charge in [0.25, 0.3) is 0 Å². The first kappa shape index (κ1) is 25.5. The van der Waals surface area contributed by atoms with Crippen molar-refractivity contribution in [3.63, 3.8) is 0 Å². The van der Waals surface area contributed by atoms with Crippen molar-refractivity contribution < 1.29 is 9.53 Å². The molecule has 2 aliphatic rings. The van der Waals surface area contributed by atoms with Crippen molar-refractivity contribution in [3.8, 4) is 12.1 Å². The molecule has 196 valence electrons. The van der Waals surface area contributed by atoms with Gasteiger partial charge in [0, 0.05) is 55.8 Å². The Morgan fingerprint density at radius 2 is 1.95 bits per heavy atom. The highest BCUT2D eigenvalue weighted by molar-refractivity contribution is 5.97. The molecular formula is C30H34N6O2. The molecule has 0 N–H and O–H groups in total. The van der Waals surface area contributed by atoms with E-state index in [4.69, 9.17) is 14.7 Å². The molecule has 0 spiro atoms. The van der Waals surface area contributed by atoms with Crippen molar-refractivity contribution >= 4 is 28.2 Å². The predicted molar refractivity (Wildman–Crippen MR) is 150 cm³/mol. The maximum atomic E-state index is 12.4. The fourth-order valence-electron chi connectivity index (χ4n) is 5.86. The Hall–Kier alpha value is -4.12. The number of hydrogen-bond acceptors (Lipinski definition) is 7. The molecule has 2 aromatic carbocycles. The van der Waals surface area contributed by atoms with Crippen LogP contribution in [-0.2, 0) is 17.6 Å². The summed E-state index contributed by atoms with van der Waals surface area (Å²) in [5.74, 6) is 0.735. The minimum absolute atomic E-state index is 0.135. The molecule has 1 fully saturated rings. The molecule has 1 amide bonds. The van der Waals surface area contributed by atoms with Crippen LogP contribution < -0.4 is 14.5 Å². The molecule has 2 aliphatic heterocycles. The molecule has 8 heteroatoms. The van der Waals surface area contributed by atoms with Crippen LogP contribution in [0.2, 0.25) is 0 Å². The number of methoxy groups -OCH3 is 1. The first-order valence-corrected chi connectivity index (χ1v) is 13.3. The van der Waals surface area contributed by atoms with Crippen LogP contribution >= 0.6 is 0 Å². The van der Waals surface area contributed by atoms with Crippen LogP contribution in [0.15, 0.2) is 49.1 Å². The number of hydrogen-bond donors (Lipinski definition) is 0. The summed E-state index contributed by atoms with van der Waals surface area (Å²) in [6.07, 6.45) is 4.19. The van der Waals surface area contributed by atoms with E-state index in [9.17, 15) is 10.1 Å². The summed E-state index contributed by atoms with van der Waals surface area (Å²) in [6, 6.07) is 15.4. The lowest BCUT2D eigenvalue weighted by Gasteiger charge is -2.41. The molecule has 1 atom stereocenters. The number of nitrogens with zero attached hydrogens (tertiary/aromatic N) is 6. The Morgan fingerprint density at radius 3 is 2.71 bits per heavy atom. The topological polar surface area (TPSA) is 85.6 Å². The number of rotatable bonds is 5. The number of fused-ring (bicyclic) bond motifs is 2. The van der Waals surface area contributed by atoms with E-state index in [1.807, 2.05) is 0 Å². The van der Waals surface area contributed by atoms with E-state index in [0.717, 1.165) is 49.4 Å². The average Bonchev–Trinajstić information content (AvgIpc) is 2.93. The number of ether oxygens (including phenoxy) is 1. The normalized spacial score (nSPS) is 17.8. The van der Waals surface area contributed by atoms with E-state index in [1.54, 1.807) is 12.0 Å². The summed E-state index contributed by atoms with van der Waals surface area (Å²) in [5, 5.41) is 12.0. The van der Waals surface area contributed by atoms with Gasteiger partial charge in [-0.1, -0.05) is 36.9 Å². The van der Waals surface area contributed by atoms with Crippen molar-refractivity contribution in [2.24, 2.45) is 0 Å². The predicted octanol–water partition coefficient (Wildman–Crippen LogP) is 4.06. The van der Waals surface area contributed by atoms with Gasteiger partial charge in [-0.05, 0) is 42.9 Å². The number of carbonyl (C=O) groups excluding carboxylic acids is 1. The molecule has 8 nitrogen and oxygen atoms in total. The van der Waals surface area contributed by atoms with Gasteiger partial charge in [-0.15, -0.1) is 0 Å². The van der Waals surface area contributed by atoms with Gasteiger partial charge < -0.3 is 19.4 Å². The van der Waals surface area contributed by atoms with Crippen molar-refractivity contribution in [1.29, 1.82) is 5.26 Å². The Labute approximate surface area is 224 Å². The summed E-state index contributed by atoms with van der Waals surface area (Å²) in [4.78, 5) is 28.4. The molecular weight excluding hydrogens is 476 g/mol. The maximum Gasteiger partial charge on any atom is 0.318 e. The Kier molecular flexibility index (Phi) is 7.45. The van der Waals surface area contributed by atoms with E-state index < -0.39 is 0 Å².